The summed E-state index contributed by atoms with van der Waals surface area (Å²) in [5.41, 5.74) is 1.98. The van der Waals surface area contributed by atoms with Crippen LogP contribution in [0.4, 0.5) is 9.18 Å². The molecule has 20 heavy (non-hydrogen) atoms. The van der Waals surface area contributed by atoms with Crippen LogP contribution in [0.25, 0.3) is 5.69 Å². The fourth-order valence-corrected chi connectivity index (χ4v) is 1.87. The van der Waals surface area contributed by atoms with Crippen molar-refractivity contribution >= 4 is 6.16 Å². The van der Waals surface area contributed by atoms with E-state index in [0.717, 1.165) is 0 Å². The summed E-state index contributed by atoms with van der Waals surface area (Å²) < 4.78 is 24.2. The van der Waals surface area contributed by atoms with Gasteiger partial charge in [-0.05, 0) is 37.6 Å². The molecule has 0 N–H and O–H groups in total. The number of nitrogens with zero attached hydrogens (tertiary/aromatic N) is 2. The highest BCUT2D eigenvalue weighted by molar-refractivity contribution is 5.64. The molecule has 2 aromatic rings. The first-order chi connectivity index (χ1) is 9.56. The second kappa shape index (κ2) is 5.73. The van der Waals surface area contributed by atoms with E-state index >= 15 is 0 Å². The van der Waals surface area contributed by atoms with Gasteiger partial charge in [-0.2, -0.15) is 5.10 Å². The summed E-state index contributed by atoms with van der Waals surface area (Å²) in [6.45, 7) is 3.68. The van der Waals surface area contributed by atoms with Crippen molar-refractivity contribution in [3.63, 3.8) is 0 Å². The first-order valence-corrected chi connectivity index (χ1v) is 6.17. The third-order valence-corrected chi connectivity index (χ3v) is 2.89. The fourth-order valence-electron chi connectivity index (χ4n) is 1.87. The molecule has 0 fully saturated rings. The number of aryl methyl sites for hydroxylation is 1. The summed E-state index contributed by atoms with van der Waals surface area (Å²) in [5, 5.41) is 4.38. The quantitative estimate of drug-likeness (QED) is 0.810. The Kier molecular flexibility index (Phi) is 4.02. The fraction of sp³-hybridized carbons (Fsp3) is 0.286. The maximum Gasteiger partial charge on any atom is 0.513 e. The van der Waals surface area contributed by atoms with Gasteiger partial charge in [0.25, 0.3) is 0 Å². The molecule has 0 saturated heterocycles. The summed E-state index contributed by atoms with van der Waals surface area (Å²) in [4.78, 5) is 11.3. The minimum atomic E-state index is -0.790. The van der Waals surface area contributed by atoms with Crippen molar-refractivity contribution in [1.82, 2.24) is 9.78 Å². The van der Waals surface area contributed by atoms with E-state index in [-0.39, 0.29) is 5.82 Å². The molecule has 1 aromatic carbocycles. The first kappa shape index (κ1) is 14.0. The van der Waals surface area contributed by atoms with Crippen LogP contribution in [0.2, 0.25) is 0 Å². The van der Waals surface area contributed by atoms with Crippen LogP contribution in [0.3, 0.4) is 0 Å². The van der Waals surface area contributed by atoms with Crippen molar-refractivity contribution in [3.05, 3.63) is 41.5 Å². The molecule has 1 aromatic heterocycles. The highest BCUT2D eigenvalue weighted by Gasteiger charge is 2.19. The van der Waals surface area contributed by atoms with Crippen molar-refractivity contribution < 1.29 is 18.7 Å². The molecular weight excluding hydrogens is 263 g/mol. The Labute approximate surface area is 115 Å². The van der Waals surface area contributed by atoms with Gasteiger partial charge in [0.2, 0.25) is 0 Å². The Balaban J connectivity index is 2.45. The van der Waals surface area contributed by atoms with Crippen molar-refractivity contribution in [3.8, 4) is 11.4 Å². The molecule has 0 radical (unpaired) electrons. The maximum absolute atomic E-state index is 13.0. The number of benzene rings is 1. The van der Waals surface area contributed by atoms with Gasteiger partial charge in [0, 0.05) is 0 Å². The number of ether oxygens (including phenoxy) is 2. The summed E-state index contributed by atoms with van der Waals surface area (Å²) in [7, 11) is 1.24. The molecule has 0 saturated carbocycles. The molecule has 0 bridgehead atoms. The molecule has 0 spiro atoms. The summed E-state index contributed by atoms with van der Waals surface area (Å²) >= 11 is 0. The summed E-state index contributed by atoms with van der Waals surface area (Å²) in [5.74, 6) is 0.0592. The van der Waals surface area contributed by atoms with E-state index in [0.29, 0.717) is 29.2 Å². The summed E-state index contributed by atoms with van der Waals surface area (Å²) in [6, 6.07) is 5.92. The van der Waals surface area contributed by atoms with Crippen LogP contribution >= 0.6 is 0 Å². The molecule has 0 aliphatic heterocycles. The maximum atomic E-state index is 13.0. The minimum Gasteiger partial charge on any atom is -0.437 e. The second-order valence-electron chi connectivity index (χ2n) is 4.16. The van der Waals surface area contributed by atoms with Gasteiger partial charge in [0.05, 0.1) is 18.5 Å². The molecular formula is C14H15FN2O3. The molecule has 2 rings (SSSR count). The monoisotopic (exact) mass is 278 g/mol. The lowest BCUT2D eigenvalue weighted by Crippen LogP contribution is -2.09. The molecule has 0 amide bonds. The van der Waals surface area contributed by atoms with Crippen molar-refractivity contribution in [2.75, 3.05) is 7.11 Å². The minimum absolute atomic E-state index is 0.319. The zero-order chi connectivity index (χ0) is 14.7. The topological polar surface area (TPSA) is 53.4 Å². The lowest BCUT2D eigenvalue weighted by atomic mass is 10.2. The third kappa shape index (κ3) is 2.64. The number of methoxy groups -OCH3 is 1. The molecule has 6 heteroatoms. The number of rotatable bonds is 3. The molecule has 106 valence electrons. The van der Waals surface area contributed by atoms with E-state index in [1.807, 2.05) is 6.92 Å². The van der Waals surface area contributed by atoms with Crippen LogP contribution in [0.15, 0.2) is 24.3 Å². The molecule has 1 heterocycles. The number of hydrogen-bond acceptors (Lipinski definition) is 4. The molecule has 0 unspecified atom stereocenters. The number of halogens is 1. The lowest BCUT2D eigenvalue weighted by molar-refractivity contribution is 0.120. The van der Waals surface area contributed by atoms with Crippen LogP contribution in [0.5, 0.6) is 5.75 Å². The zero-order valence-electron chi connectivity index (χ0n) is 11.5. The molecule has 0 atom stereocenters. The Morgan fingerprint density at radius 2 is 2.00 bits per heavy atom. The van der Waals surface area contributed by atoms with Crippen molar-refractivity contribution in [2.45, 2.75) is 20.3 Å². The van der Waals surface area contributed by atoms with E-state index in [1.165, 1.54) is 19.2 Å². The number of aromatic nitrogens is 2. The van der Waals surface area contributed by atoms with Gasteiger partial charge in [-0.1, -0.05) is 6.92 Å². The highest BCUT2D eigenvalue weighted by atomic mass is 19.1. The zero-order valence-corrected chi connectivity index (χ0v) is 11.5. The SMILES string of the molecule is CCc1nn(-c2ccc(F)cc2)c(C)c1OC(=O)OC. The number of hydrogen-bond donors (Lipinski definition) is 0. The lowest BCUT2D eigenvalue weighted by Gasteiger charge is -2.05. The van der Waals surface area contributed by atoms with Gasteiger partial charge in [-0.25, -0.2) is 13.9 Å². The van der Waals surface area contributed by atoms with Crippen molar-refractivity contribution in [2.24, 2.45) is 0 Å². The predicted molar refractivity (Wildman–Crippen MR) is 70.7 cm³/mol. The number of carbonyl (C=O) groups excluding carboxylic acids is 1. The average Bonchev–Trinajstić information content (AvgIpc) is 2.76. The molecule has 0 aliphatic carbocycles. The van der Waals surface area contributed by atoms with E-state index in [9.17, 15) is 9.18 Å². The normalized spacial score (nSPS) is 10.4. The predicted octanol–water partition coefficient (Wildman–Crippen LogP) is 3.03. The first-order valence-electron chi connectivity index (χ1n) is 6.17. The Bertz CT molecular complexity index is 620. The smallest absolute Gasteiger partial charge is 0.437 e. The van der Waals surface area contributed by atoms with Crippen LogP contribution in [-0.2, 0) is 11.2 Å². The van der Waals surface area contributed by atoms with E-state index < -0.39 is 6.16 Å². The van der Waals surface area contributed by atoms with Gasteiger partial charge in [-0.15, -0.1) is 0 Å². The van der Waals surface area contributed by atoms with Crippen LogP contribution < -0.4 is 4.74 Å². The van der Waals surface area contributed by atoms with Crippen LogP contribution in [-0.4, -0.2) is 23.0 Å². The Morgan fingerprint density at radius 3 is 2.55 bits per heavy atom. The van der Waals surface area contributed by atoms with E-state index in [1.54, 1.807) is 23.7 Å². The van der Waals surface area contributed by atoms with Gasteiger partial charge in [0.15, 0.2) is 5.75 Å². The van der Waals surface area contributed by atoms with E-state index in [4.69, 9.17) is 4.74 Å². The van der Waals surface area contributed by atoms with Gasteiger partial charge >= 0.3 is 6.16 Å². The standard InChI is InChI=1S/C14H15FN2O3/c1-4-12-13(20-14(18)19-3)9(2)17(16-12)11-7-5-10(15)6-8-11/h5-8H,4H2,1-3H3. The largest absolute Gasteiger partial charge is 0.513 e. The Hall–Kier alpha value is -2.37. The third-order valence-electron chi connectivity index (χ3n) is 2.89. The average molecular weight is 278 g/mol. The number of carbonyl (C=O) groups is 1. The van der Waals surface area contributed by atoms with Crippen LogP contribution in [0, 0.1) is 12.7 Å². The van der Waals surface area contributed by atoms with E-state index in [2.05, 4.69) is 9.84 Å². The van der Waals surface area contributed by atoms with Gasteiger partial charge in [-0.3, -0.25) is 0 Å². The molecule has 0 aliphatic rings. The Morgan fingerprint density at radius 1 is 1.35 bits per heavy atom. The van der Waals surface area contributed by atoms with Crippen molar-refractivity contribution in [1.29, 1.82) is 0 Å². The van der Waals surface area contributed by atoms with Crippen LogP contribution in [0.1, 0.15) is 18.3 Å². The summed E-state index contributed by atoms with van der Waals surface area (Å²) in [6.07, 6.45) is -0.192. The second-order valence-corrected chi connectivity index (χ2v) is 4.16. The van der Waals surface area contributed by atoms with Gasteiger partial charge in [0.1, 0.15) is 11.5 Å². The highest BCUT2D eigenvalue weighted by Crippen LogP contribution is 2.26. The molecule has 5 nitrogen and oxygen atoms in total. The van der Waals surface area contributed by atoms with Gasteiger partial charge < -0.3 is 9.47 Å².